The summed E-state index contributed by atoms with van der Waals surface area (Å²) in [5, 5.41) is 7.21. The lowest BCUT2D eigenvalue weighted by Crippen LogP contribution is -2.11. The average molecular weight is 307 g/mol. The second-order valence-corrected chi connectivity index (χ2v) is 4.99. The minimum absolute atomic E-state index is 0.0699. The molecule has 0 aliphatic rings. The van der Waals surface area contributed by atoms with Crippen molar-refractivity contribution in [3.05, 3.63) is 41.2 Å². The van der Waals surface area contributed by atoms with Crippen molar-refractivity contribution in [1.29, 1.82) is 0 Å². The molecule has 0 amide bonds. The first-order chi connectivity index (χ1) is 10.2. The minimum atomic E-state index is 0.0699. The van der Waals surface area contributed by atoms with E-state index in [0.29, 0.717) is 17.4 Å². The monoisotopic (exact) mass is 306 g/mol. The van der Waals surface area contributed by atoms with E-state index in [9.17, 15) is 0 Å². The molecule has 1 aromatic heterocycles. The van der Waals surface area contributed by atoms with E-state index in [1.54, 1.807) is 7.11 Å². The molecule has 1 aromatic carbocycles. The third-order valence-electron chi connectivity index (χ3n) is 3.08. The maximum atomic E-state index is 5.91. The zero-order valence-corrected chi connectivity index (χ0v) is 13.1. The van der Waals surface area contributed by atoms with Gasteiger partial charge in [0.15, 0.2) is 11.6 Å². The molecule has 0 aliphatic carbocycles. The molecule has 0 spiro atoms. The van der Waals surface area contributed by atoms with E-state index in [1.807, 2.05) is 31.2 Å². The van der Waals surface area contributed by atoms with Crippen LogP contribution in [-0.2, 0) is 0 Å². The largest absolute Gasteiger partial charge is 0.490 e. The van der Waals surface area contributed by atoms with Gasteiger partial charge < -0.3 is 15.4 Å². The van der Waals surface area contributed by atoms with Crippen LogP contribution in [0.15, 0.2) is 30.6 Å². The number of nitrogens with one attached hydrogen (secondary N) is 2. The molecule has 1 atom stereocenters. The Morgan fingerprint density at radius 3 is 2.48 bits per heavy atom. The molecule has 6 heteroatoms. The lowest BCUT2D eigenvalue weighted by Gasteiger charge is -2.18. The van der Waals surface area contributed by atoms with Gasteiger partial charge >= 0.3 is 0 Å². The van der Waals surface area contributed by atoms with Crippen LogP contribution in [0.4, 0.5) is 11.6 Å². The number of anilines is 2. The number of halogens is 1. The number of benzene rings is 1. The minimum Gasteiger partial charge on any atom is -0.490 e. The fourth-order valence-electron chi connectivity index (χ4n) is 2.00. The Morgan fingerprint density at radius 2 is 1.86 bits per heavy atom. The van der Waals surface area contributed by atoms with Crippen LogP contribution < -0.4 is 15.4 Å². The van der Waals surface area contributed by atoms with E-state index in [-0.39, 0.29) is 6.04 Å². The van der Waals surface area contributed by atoms with Gasteiger partial charge in [-0.3, -0.25) is 0 Å². The lowest BCUT2D eigenvalue weighted by molar-refractivity contribution is 0.414. The van der Waals surface area contributed by atoms with Gasteiger partial charge in [0.1, 0.15) is 6.33 Å². The zero-order valence-electron chi connectivity index (χ0n) is 12.4. The molecule has 2 aromatic rings. The van der Waals surface area contributed by atoms with Gasteiger partial charge in [-0.25, -0.2) is 9.97 Å². The SMILES string of the molecule is CCNc1ncnc(NC(C)c2ccc(Cl)cc2)c1OC. The highest BCUT2D eigenvalue weighted by Crippen LogP contribution is 2.31. The van der Waals surface area contributed by atoms with Gasteiger partial charge in [-0.1, -0.05) is 23.7 Å². The predicted octanol–water partition coefficient (Wildman–Crippen LogP) is 3.74. The summed E-state index contributed by atoms with van der Waals surface area (Å²) < 4.78 is 5.41. The summed E-state index contributed by atoms with van der Waals surface area (Å²) in [5.74, 6) is 1.95. The lowest BCUT2D eigenvalue weighted by atomic mass is 10.1. The van der Waals surface area contributed by atoms with E-state index in [4.69, 9.17) is 16.3 Å². The van der Waals surface area contributed by atoms with Gasteiger partial charge in [-0.15, -0.1) is 0 Å². The maximum absolute atomic E-state index is 5.91. The van der Waals surface area contributed by atoms with E-state index >= 15 is 0 Å². The normalized spacial score (nSPS) is 11.8. The second-order valence-electron chi connectivity index (χ2n) is 4.55. The van der Waals surface area contributed by atoms with Crippen molar-refractivity contribution >= 4 is 23.2 Å². The summed E-state index contributed by atoms with van der Waals surface area (Å²) in [6, 6.07) is 7.78. The number of nitrogens with zero attached hydrogens (tertiary/aromatic N) is 2. The van der Waals surface area contributed by atoms with E-state index in [0.717, 1.165) is 17.1 Å². The van der Waals surface area contributed by atoms with Crippen LogP contribution in [0.25, 0.3) is 0 Å². The van der Waals surface area contributed by atoms with Crippen LogP contribution in [-0.4, -0.2) is 23.6 Å². The molecule has 2 N–H and O–H groups in total. The summed E-state index contributed by atoms with van der Waals surface area (Å²) >= 11 is 5.91. The van der Waals surface area contributed by atoms with Gasteiger partial charge in [0.25, 0.3) is 0 Å². The quantitative estimate of drug-likeness (QED) is 0.851. The van der Waals surface area contributed by atoms with Crippen LogP contribution >= 0.6 is 11.6 Å². The van der Waals surface area contributed by atoms with E-state index in [2.05, 4.69) is 27.5 Å². The summed E-state index contributed by atoms with van der Waals surface area (Å²) in [6.07, 6.45) is 1.51. The number of methoxy groups -OCH3 is 1. The van der Waals surface area contributed by atoms with Crippen molar-refractivity contribution in [2.75, 3.05) is 24.3 Å². The van der Waals surface area contributed by atoms with Crippen molar-refractivity contribution in [2.45, 2.75) is 19.9 Å². The van der Waals surface area contributed by atoms with Crippen LogP contribution in [0, 0.1) is 0 Å². The molecule has 2 rings (SSSR count). The molecule has 0 saturated heterocycles. The molecule has 5 nitrogen and oxygen atoms in total. The standard InChI is InChI=1S/C15H19ClN4O/c1-4-17-14-13(21-3)15(19-9-18-14)20-10(2)11-5-7-12(16)8-6-11/h5-10H,4H2,1-3H3,(H2,17,18,19,20). The Morgan fingerprint density at radius 1 is 1.19 bits per heavy atom. The van der Waals surface area contributed by atoms with E-state index in [1.165, 1.54) is 6.33 Å². The summed E-state index contributed by atoms with van der Waals surface area (Å²) in [7, 11) is 1.61. The second kappa shape index (κ2) is 7.13. The Balaban J connectivity index is 2.22. The third-order valence-corrected chi connectivity index (χ3v) is 3.33. The smallest absolute Gasteiger partial charge is 0.204 e. The van der Waals surface area contributed by atoms with Crippen LogP contribution in [0.3, 0.4) is 0 Å². The number of hydrogen-bond acceptors (Lipinski definition) is 5. The van der Waals surface area contributed by atoms with Gasteiger partial charge in [-0.2, -0.15) is 0 Å². The topological polar surface area (TPSA) is 59.1 Å². The van der Waals surface area contributed by atoms with Crippen molar-refractivity contribution < 1.29 is 4.74 Å². The summed E-state index contributed by atoms with van der Waals surface area (Å²) in [5.41, 5.74) is 1.12. The summed E-state index contributed by atoms with van der Waals surface area (Å²) in [4.78, 5) is 8.45. The molecule has 1 unspecified atom stereocenters. The predicted molar refractivity (Wildman–Crippen MR) is 86.2 cm³/mol. The number of hydrogen-bond donors (Lipinski definition) is 2. The van der Waals surface area contributed by atoms with Gasteiger partial charge in [0.2, 0.25) is 5.75 Å². The Hall–Kier alpha value is -2.01. The molecule has 112 valence electrons. The Bertz CT molecular complexity index is 589. The molecule has 0 radical (unpaired) electrons. The molecule has 21 heavy (non-hydrogen) atoms. The van der Waals surface area contributed by atoms with Crippen LogP contribution in [0.1, 0.15) is 25.5 Å². The maximum Gasteiger partial charge on any atom is 0.204 e. The Kier molecular flexibility index (Phi) is 5.22. The first-order valence-corrected chi connectivity index (χ1v) is 7.18. The first kappa shape index (κ1) is 15.4. The number of ether oxygens (including phenoxy) is 1. The van der Waals surface area contributed by atoms with Crippen LogP contribution in [0.2, 0.25) is 5.02 Å². The Labute approximate surface area is 129 Å². The summed E-state index contributed by atoms with van der Waals surface area (Å²) in [6.45, 7) is 4.82. The fraction of sp³-hybridized carbons (Fsp3) is 0.333. The van der Waals surface area contributed by atoms with Crippen LogP contribution in [0.5, 0.6) is 5.75 Å². The van der Waals surface area contributed by atoms with Crippen molar-refractivity contribution in [3.63, 3.8) is 0 Å². The van der Waals surface area contributed by atoms with Crippen molar-refractivity contribution in [3.8, 4) is 5.75 Å². The van der Waals surface area contributed by atoms with Crippen molar-refractivity contribution in [2.24, 2.45) is 0 Å². The third kappa shape index (κ3) is 3.76. The molecular formula is C15H19ClN4O. The molecular weight excluding hydrogens is 288 g/mol. The fourth-order valence-corrected chi connectivity index (χ4v) is 2.13. The van der Waals surface area contributed by atoms with Gasteiger partial charge in [0, 0.05) is 11.6 Å². The van der Waals surface area contributed by atoms with Gasteiger partial charge in [-0.05, 0) is 31.5 Å². The van der Waals surface area contributed by atoms with E-state index < -0.39 is 0 Å². The zero-order chi connectivity index (χ0) is 15.2. The average Bonchev–Trinajstić information content (AvgIpc) is 2.48. The highest BCUT2D eigenvalue weighted by atomic mass is 35.5. The highest BCUT2D eigenvalue weighted by molar-refractivity contribution is 6.30. The molecule has 1 heterocycles. The number of aromatic nitrogens is 2. The molecule has 0 bridgehead atoms. The first-order valence-electron chi connectivity index (χ1n) is 6.80. The highest BCUT2D eigenvalue weighted by Gasteiger charge is 2.14. The van der Waals surface area contributed by atoms with Gasteiger partial charge in [0.05, 0.1) is 13.2 Å². The molecule has 0 aliphatic heterocycles. The molecule has 0 fully saturated rings. The number of rotatable bonds is 6. The molecule has 0 saturated carbocycles. The van der Waals surface area contributed by atoms with Crippen molar-refractivity contribution in [1.82, 2.24) is 9.97 Å².